The van der Waals surface area contributed by atoms with Crippen LogP contribution in [0, 0.1) is 0 Å². The van der Waals surface area contributed by atoms with E-state index in [0.29, 0.717) is 24.4 Å². The first-order chi connectivity index (χ1) is 12.7. The largest absolute Gasteiger partial charge is 0.462 e. The maximum atomic E-state index is 12.7. The highest BCUT2D eigenvalue weighted by Gasteiger charge is 2.24. The quantitative estimate of drug-likeness (QED) is 0.404. The number of urea groups is 1. The van der Waals surface area contributed by atoms with E-state index in [1.54, 1.807) is 30.3 Å². The molecule has 0 saturated heterocycles. The van der Waals surface area contributed by atoms with Gasteiger partial charge in [-0.05, 0) is 43.5 Å². The molecule has 26 heavy (non-hydrogen) atoms. The van der Waals surface area contributed by atoms with Crippen LogP contribution in [-0.4, -0.2) is 36.1 Å². The van der Waals surface area contributed by atoms with Crippen molar-refractivity contribution >= 4 is 17.7 Å². The van der Waals surface area contributed by atoms with E-state index in [0.717, 1.165) is 25.7 Å². The maximum Gasteiger partial charge on any atom is 0.338 e. The Balaban J connectivity index is 1.94. The van der Waals surface area contributed by atoms with Crippen LogP contribution in [0.3, 0.4) is 0 Å². The molecule has 0 bridgehead atoms. The molecule has 1 aromatic carbocycles. The summed E-state index contributed by atoms with van der Waals surface area (Å²) in [4.78, 5) is 26.5. The number of rotatable bonds is 8. The van der Waals surface area contributed by atoms with Crippen LogP contribution < -0.4 is 5.32 Å². The third-order valence-corrected chi connectivity index (χ3v) is 4.71. The molecule has 0 atom stereocenters. The number of hydrogen-bond acceptors (Lipinski definition) is 3. The van der Waals surface area contributed by atoms with E-state index in [4.69, 9.17) is 4.74 Å². The molecule has 0 spiro atoms. The number of anilines is 1. The summed E-state index contributed by atoms with van der Waals surface area (Å²) in [6.07, 6.45) is 9.29. The molecule has 2 rings (SSSR count). The van der Waals surface area contributed by atoms with Crippen molar-refractivity contribution in [3.63, 3.8) is 0 Å². The standard InChI is InChI=1S/C21H30N2O3/c1-3-5-16-26-20(24)17-11-13-18(14-12-17)22-21(25)23(15-4-2)19-9-7-6-8-10-19/h4,11-14,19H,2-3,5-10,15-16H2,1H3,(H,22,25). The highest BCUT2D eigenvalue weighted by Crippen LogP contribution is 2.23. The number of ether oxygens (including phenoxy) is 1. The second-order valence-corrected chi connectivity index (χ2v) is 6.73. The Morgan fingerprint density at radius 3 is 2.54 bits per heavy atom. The highest BCUT2D eigenvalue weighted by atomic mass is 16.5. The highest BCUT2D eigenvalue weighted by molar-refractivity contribution is 5.92. The first kappa shape index (κ1) is 20.0. The zero-order valence-electron chi connectivity index (χ0n) is 15.7. The summed E-state index contributed by atoms with van der Waals surface area (Å²) in [6, 6.07) is 7.00. The molecule has 1 fully saturated rings. The Morgan fingerprint density at radius 2 is 1.92 bits per heavy atom. The van der Waals surface area contributed by atoms with Gasteiger partial charge in [-0.2, -0.15) is 0 Å². The second-order valence-electron chi connectivity index (χ2n) is 6.73. The van der Waals surface area contributed by atoms with E-state index in [1.165, 1.54) is 19.3 Å². The number of esters is 1. The summed E-state index contributed by atoms with van der Waals surface area (Å²) in [7, 11) is 0. The van der Waals surface area contributed by atoms with Gasteiger partial charge in [0.05, 0.1) is 12.2 Å². The van der Waals surface area contributed by atoms with E-state index < -0.39 is 0 Å². The number of nitrogens with zero attached hydrogens (tertiary/aromatic N) is 1. The van der Waals surface area contributed by atoms with Gasteiger partial charge in [-0.3, -0.25) is 0 Å². The van der Waals surface area contributed by atoms with Gasteiger partial charge in [0, 0.05) is 18.3 Å². The number of nitrogens with one attached hydrogen (secondary N) is 1. The van der Waals surface area contributed by atoms with Gasteiger partial charge >= 0.3 is 12.0 Å². The maximum absolute atomic E-state index is 12.7. The third-order valence-electron chi connectivity index (χ3n) is 4.71. The average Bonchev–Trinajstić information content (AvgIpc) is 2.67. The van der Waals surface area contributed by atoms with Gasteiger partial charge in [-0.25, -0.2) is 9.59 Å². The topological polar surface area (TPSA) is 58.6 Å². The van der Waals surface area contributed by atoms with E-state index in [9.17, 15) is 9.59 Å². The Morgan fingerprint density at radius 1 is 1.23 bits per heavy atom. The molecule has 0 aliphatic heterocycles. The number of amides is 2. The zero-order chi connectivity index (χ0) is 18.8. The van der Waals surface area contributed by atoms with Crippen LogP contribution in [0.25, 0.3) is 0 Å². The molecular formula is C21H30N2O3. The lowest BCUT2D eigenvalue weighted by Crippen LogP contribution is -2.43. The molecule has 142 valence electrons. The molecular weight excluding hydrogens is 328 g/mol. The van der Waals surface area contributed by atoms with Crippen LogP contribution in [0.1, 0.15) is 62.2 Å². The van der Waals surface area contributed by atoms with Crippen molar-refractivity contribution in [2.24, 2.45) is 0 Å². The van der Waals surface area contributed by atoms with Crippen LogP contribution >= 0.6 is 0 Å². The van der Waals surface area contributed by atoms with Crippen molar-refractivity contribution in [2.45, 2.75) is 57.9 Å². The van der Waals surface area contributed by atoms with Gasteiger partial charge in [-0.1, -0.05) is 38.7 Å². The van der Waals surface area contributed by atoms with Gasteiger partial charge in [0.1, 0.15) is 0 Å². The molecule has 1 aromatic rings. The Hall–Kier alpha value is -2.30. The summed E-state index contributed by atoms with van der Waals surface area (Å²) in [5, 5.41) is 2.93. The molecule has 0 aromatic heterocycles. The Kier molecular flexibility index (Phi) is 8.19. The van der Waals surface area contributed by atoms with Crippen molar-refractivity contribution in [1.82, 2.24) is 4.90 Å². The minimum absolute atomic E-state index is 0.116. The van der Waals surface area contributed by atoms with E-state index in [1.807, 2.05) is 11.8 Å². The van der Waals surface area contributed by atoms with Crippen LogP contribution in [0.5, 0.6) is 0 Å². The fraction of sp³-hybridized carbons (Fsp3) is 0.524. The lowest BCUT2D eigenvalue weighted by Gasteiger charge is -2.33. The van der Waals surface area contributed by atoms with Crippen LogP contribution in [0.15, 0.2) is 36.9 Å². The number of benzene rings is 1. The first-order valence-corrected chi connectivity index (χ1v) is 9.61. The minimum Gasteiger partial charge on any atom is -0.462 e. The average molecular weight is 358 g/mol. The normalized spacial score (nSPS) is 14.5. The molecule has 0 heterocycles. The monoisotopic (exact) mass is 358 g/mol. The molecule has 2 amide bonds. The van der Waals surface area contributed by atoms with Crippen molar-refractivity contribution in [3.8, 4) is 0 Å². The minimum atomic E-state index is -0.327. The van der Waals surface area contributed by atoms with Crippen molar-refractivity contribution in [2.75, 3.05) is 18.5 Å². The van der Waals surface area contributed by atoms with Crippen molar-refractivity contribution in [3.05, 3.63) is 42.5 Å². The molecule has 1 saturated carbocycles. The Labute approximate surface area is 156 Å². The molecule has 1 aliphatic carbocycles. The smallest absolute Gasteiger partial charge is 0.338 e. The van der Waals surface area contributed by atoms with Crippen molar-refractivity contribution < 1.29 is 14.3 Å². The molecule has 0 unspecified atom stereocenters. The van der Waals surface area contributed by atoms with Crippen LogP contribution in [-0.2, 0) is 4.74 Å². The zero-order valence-corrected chi connectivity index (χ0v) is 15.7. The van der Waals surface area contributed by atoms with E-state index >= 15 is 0 Å². The summed E-state index contributed by atoms with van der Waals surface area (Å²) in [5.74, 6) is -0.327. The number of carbonyl (C=O) groups excluding carboxylic acids is 2. The predicted octanol–water partition coefficient (Wildman–Crippen LogP) is 5.00. The third kappa shape index (κ3) is 5.90. The summed E-state index contributed by atoms with van der Waals surface area (Å²) in [5.41, 5.74) is 1.17. The van der Waals surface area contributed by atoms with E-state index in [-0.39, 0.29) is 18.0 Å². The predicted molar refractivity (Wildman–Crippen MR) is 104 cm³/mol. The lowest BCUT2D eigenvalue weighted by molar-refractivity contribution is 0.0500. The van der Waals surface area contributed by atoms with Crippen molar-refractivity contribution in [1.29, 1.82) is 0 Å². The van der Waals surface area contributed by atoms with E-state index in [2.05, 4.69) is 11.9 Å². The van der Waals surface area contributed by atoms with Gasteiger partial charge in [-0.15, -0.1) is 6.58 Å². The van der Waals surface area contributed by atoms with Crippen LogP contribution in [0.2, 0.25) is 0 Å². The number of carbonyl (C=O) groups is 2. The fourth-order valence-electron chi connectivity index (χ4n) is 3.21. The lowest BCUT2D eigenvalue weighted by atomic mass is 9.94. The van der Waals surface area contributed by atoms with Gasteiger partial charge in [0.15, 0.2) is 0 Å². The van der Waals surface area contributed by atoms with Gasteiger partial charge in [0.2, 0.25) is 0 Å². The van der Waals surface area contributed by atoms with Gasteiger partial charge < -0.3 is 15.0 Å². The molecule has 5 nitrogen and oxygen atoms in total. The SMILES string of the molecule is C=CCN(C(=O)Nc1ccc(C(=O)OCCCC)cc1)C1CCCCC1. The summed E-state index contributed by atoms with van der Waals surface area (Å²) >= 11 is 0. The molecule has 1 N–H and O–H groups in total. The molecule has 5 heteroatoms. The summed E-state index contributed by atoms with van der Waals surface area (Å²) in [6.45, 7) is 6.80. The molecule has 1 aliphatic rings. The summed E-state index contributed by atoms with van der Waals surface area (Å²) < 4.78 is 5.19. The van der Waals surface area contributed by atoms with Gasteiger partial charge in [0.25, 0.3) is 0 Å². The first-order valence-electron chi connectivity index (χ1n) is 9.61. The number of hydrogen-bond donors (Lipinski definition) is 1. The second kappa shape index (κ2) is 10.6. The number of unbranched alkanes of at least 4 members (excludes halogenated alkanes) is 1. The van der Waals surface area contributed by atoms with Crippen LogP contribution in [0.4, 0.5) is 10.5 Å². The Bertz CT molecular complexity index is 592. The molecule has 0 radical (unpaired) electrons. The fourth-order valence-corrected chi connectivity index (χ4v) is 3.21.